The first-order chi connectivity index (χ1) is 12.2. The Bertz CT molecular complexity index is 886. The Labute approximate surface area is 154 Å². The van der Waals surface area contributed by atoms with Crippen LogP contribution in [0.5, 0.6) is 0 Å². The van der Waals surface area contributed by atoms with E-state index in [0.29, 0.717) is 5.57 Å². The van der Waals surface area contributed by atoms with Gasteiger partial charge in [-0.3, -0.25) is 5.41 Å². The Morgan fingerprint density at radius 3 is 2.35 bits per heavy atom. The lowest BCUT2D eigenvalue weighted by atomic mass is 10.1. The molecular formula is C19H20N3O3S+. The molecule has 6 nitrogen and oxygen atoms in total. The van der Waals surface area contributed by atoms with Gasteiger partial charge in [-0.2, -0.15) is 4.99 Å². The number of carbonyl (C=O) groups excluding carboxylic acids is 1. The molecule has 1 heterocycles. The summed E-state index contributed by atoms with van der Waals surface area (Å²) in [5.41, 5.74) is 1.43. The summed E-state index contributed by atoms with van der Waals surface area (Å²) in [5.74, 6) is 1.18. The van der Waals surface area contributed by atoms with Crippen LogP contribution in [0.3, 0.4) is 0 Å². The van der Waals surface area contributed by atoms with Crippen molar-refractivity contribution in [1.82, 2.24) is 0 Å². The Balaban J connectivity index is 2.47. The maximum atomic E-state index is 12.2. The number of allylic oxidation sites excluding steroid dienone is 1. The molecule has 0 aliphatic carbocycles. The van der Waals surface area contributed by atoms with Crippen LogP contribution in [0.2, 0.25) is 0 Å². The number of aliphatic carboxylic acids is 1. The second-order valence-electron chi connectivity index (χ2n) is 6.55. The number of carboxylic acids is 1. The summed E-state index contributed by atoms with van der Waals surface area (Å²) in [5, 5.41) is 17.4. The average Bonchev–Trinajstić information content (AvgIpc) is 2.85. The molecule has 0 bridgehead atoms. The van der Waals surface area contributed by atoms with E-state index < -0.39 is 27.6 Å². The van der Waals surface area contributed by atoms with E-state index in [2.05, 4.69) is 15.9 Å². The molecule has 2 N–H and O–H groups in total. The molecule has 0 aromatic heterocycles. The molecule has 0 spiro atoms. The summed E-state index contributed by atoms with van der Waals surface area (Å²) < 4.78 is -0.476. The number of nitrogens with zero attached hydrogens (tertiary/aromatic N) is 2. The van der Waals surface area contributed by atoms with Crippen LogP contribution in [0.15, 0.2) is 56.4 Å². The molecule has 1 aromatic rings. The van der Waals surface area contributed by atoms with Crippen LogP contribution in [0.25, 0.3) is 0 Å². The molecule has 1 aromatic carbocycles. The first-order valence-electron chi connectivity index (χ1n) is 7.87. The summed E-state index contributed by atoms with van der Waals surface area (Å²) in [6.45, 7) is 7.26. The maximum absolute atomic E-state index is 12.2. The highest BCUT2D eigenvalue weighted by molar-refractivity contribution is 8.17. The second kappa shape index (κ2) is 7.64. The van der Waals surface area contributed by atoms with Crippen LogP contribution in [0, 0.1) is 5.41 Å². The van der Waals surface area contributed by atoms with Crippen molar-refractivity contribution < 1.29 is 14.7 Å². The third kappa shape index (κ3) is 4.07. The predicted molar refractivity (Wildman–Crippen MR) is 106 cm³/mol. The Hall–Kier alpha value is -2.76. The summed E-state index contributed by atoms with van der Waals surface area (Å²) in [7, 11) is -0.963. The fourth-order valence-corrected chi connectivity index (χ4v) is 5.05. The molecule has 0 fully saturated rings. The average molecular weight is 370 g/mol. The van der Waals surface area contributed by atoms with Crippen molar-refractivity contribution in [2.45, 2.75) is 32.4 Å². The highest BCUT2D eigenvalue weighted by atomic mass is 32.2. The largest absolute Gasteiger partial charge is 0.474 e. The molecule has 1 unspecified atom stereocenters. The molecule has 0 radical (unpaired) electrons. The first kappa shape index (κ1) is 19.6. The van der Waals surface area contributed by atoms with Gasteiger partial charge in [0.2, 0.25) is 0 Å². The van der Waals surface area contributed by atoms with Crippen LogP contribution < -0.4 is 0 Å². The van der Waals surface area contributed by atoms with Crippen molar-refractivity contribution >= 4 is 40.0 Å². The lowest BCUT2D eigenvalue weighted by molar-refractivity contribution is -0.131. The van der Waals surface area contributed by atoms with Crippen LogP contribution >= 0.6 is 0 Å². The molecule has 26 heavy (non-hydrogen) atoms. The normalized spacial score (nSPS) is 19.3. The number of nitrogens with one attached hydrogen (secondary N) is 1. The highest BCUT2D eigenvalue weighted by Crippen LogP contribution is 2.40. The fraction of sp³-hybridized carbons (Fsp3) is 0.263. The van der Waals surface area contributed by atoms with E-state index in [9.17, 15) is 14.7 Å². The van der Waals surface area contributed by atoms with E-state index in [4.69, 9.17) is 5.41 Å². The van der Waals surface area contributed by atoms with Crippen LogP contribution in [-0.2, 0) is 15.7 Å². The van der Waals surface area contributed by atoms with Crippen LogP contribution in [0.4, 0.5) is 4.79 Å². The lowest BCUT2D eigenvalue weighted by Crippen LogP contribution is -2.35. The molecule has 0 saturated carbocycles. The van der Waals surface area contributed by atoms with Gasteiger partial charge in [-0.15, -0.1) is 4.99 Å². The number of rotatable bonds is 2. The predicted octanol–water partition coefficient (Wildman–Crippen LogP) is 3.59. The van der Waals surface area contributed by atoms with E-state index in [0.717, 1.165) is 5.56 Å². The molecule has 1 aliphatic rings. The van der Waals surface area contributed by atoms with E-state index >= 15 is 0 Å². The number of urea groups is 1. The zero-order chi connectivity index (χ0) is 19.5. The van der Waals surface area contributed by atoms with Crippen molar-refractivity contribution in [1.29, 1.82) is 5.41 Å². The summed E-state index contributed by atoms with van der Waals surface area (Å²) >= 11 is 0. The minimum absolute atomic E-state index is 0.172. The van der Waals surface area contributed by atoms with Crippen molar-refractivity contribution in [2.24, 2.45) is 9.98 Å². The van der Waals surface area contributed by atoms with Crippen molar-refractivity contribution in [2.75, 3.05) is 0 Å². The Kier molecular flexibility index (Phi) is 5.75. The third-order valence-corrected chi connectivity index (χ3v) is 6.38. The topological polar surface area (TPSA) is 103 Å². The van der Waals surface area contributed by atoms with Gasteiger partial charge in [-0.05, 0) is 39.1 Å². The molecule has 1 aliphatic heterocycles. The molecule has 2 rings (SSSR count). The molecule has 134 valence electrons. The van der Waals surface area contributed by atoms with Crippen molar-refractivity contribution in [3.05, 3.63) is 51.9 Å². The van der Waals surface area contributed by atoms with Gasteiger partial charge in [0.05, 0.1) is 10.9 Å². The highest BCUT2D eigenvalue weighted by Gasteiger charge is 2.55. The zero-order valence-electron chi connectivity index (χ0n) is 15.0. The van der Waals surface area contributed by atoms with Crippen molar-refractivity contribution in [3.63, 3.8) is 0 Å². The number of amides is 2. The number of benzene rings is 1. The Morgan fingerprint density at radius 2 is 1.85 bits per heavy atom. The molecular weight excluding hydrogens is 350 g/mol. The van der Waals surface area contributed by atoms with Gasteiger partial charge >= 0.3 is 12.0 Å². The standard InChI is InChI=1S/C19H19N3O3S/c1-12-14(10-20)16(26(19(2,3)4)15(12)17(23)24)22-18(25)21-11-13-8-6-5-7-9-13/h5-9,11,20H,1-4H3/p+1. The van der Waals surface area contributed by atoms with Gasteiger partial charge in [0.25, 0.3) is 9.95 Å². The van der Waals surface area contributed by atoms with Gasteiger partial charge < -0.3 is 5.11 Å². The van der Waals surface area contributed by atoms with Gasteiger partial charge in [-0.25, -0.2) is 9.59 Å². The minimum Gasteiger partial charge on any atom is -0.474 e. The zero-order valence-corrected chi connectivity index (χ0v) is 15.8. The summed E-state index contributed by atoms with van der Waals surface area (Å²) in [4.78, 5) is 32.0. The van der Waals surface area contributed by atoms with Crippen LogP contribution in [-0.4, -0.2) is 39.0 Å². The number of hydrogen-bond donors (Lipinski definition) is 2. The SMILES string of the molecule is CC1=C(C(=O)O)[S+](C(C)(C)C)C(=NC(=O)N=Cc2ccccc2)C1=C=N. The van der Waals surface area contributed by atoms with Gasteiger partial charge in [0.15, 0.2) is 0 Å². The third-order valence-electron chi connectivity index (χ3n) is 3.58. The summed E-state index contributed by atoms with van der Waals surface area (Å²) in [6.07, 6.45) is 1.41. The Morgan fingerprint density at radius 1 is 1.23 bits per heavy atom. The maximum Gasteiger partial charge on any atom is 0.385 e. The lowest BCUT2D eigenvalue weighted by Gasteiger charge is -2.17. The van der Waals surface area contributed by atoms with E-state index in [1.54, 1.807) is 19.1 Å². The molecule has 0 saturated heterocycles. The number of carboxylic acid groups (broad SMARTS) is 1. The summed E-state index contributed by atoms with van der Waals surface area (Å²) in [6, 6.07) is 8.38. The van der Waals surface area contributed by atoms with Gasteiger partial charge in [0, 0.05) is 11.8 Å². The molecule has 7 heteroatoms. The van der Waals surface area contributed by atoms with Crippen LogP contribution in [0.1, 0.15) is 33.3 Å². The number of hydrogen-bond acceptors (Lipinski definition) is 3. The van der Waals surface area contributed by atoms with Gasteiger partial charge in [0.1, 0.15) is 10.3 Å². The fourth-order valence-electron chi connectivity index (χ4n) is 2.50. The van der Waals surface area contributed by atoms with Crippen molar-refractivity contribution in [3.8, 4) is 0 Å². The first-order valence-corrected chi connectivity index (χ1v) is 9.10. The minimum atomic E-state index is -1.07. The van der Waals surface area contributed by atoms with E-state index in [1.807, 2.05) is 39.0 Å². The monoisotopic (exact) mass is 370 g/mol. The van der Waals surface area contributed by atoms with E-state index in [1.165, 1.54) is 6.21 Å². The molecule has 2 amide bonds. The molecule has 1 atom stereocenters. The smallest absolute Gasteiger partial charge is 0.385 e. The number of aliphatic imine (C=N–C) groups is 2. The van der Waals surface area contributed by atoms with Gasteiger partial charge in [-0.1, -0.05) is 30.3 Å². The number of carbonyl (C=O) groups is 2. The quantitative estimate of drug-likeness (QED) is 0.614. The second-order valence-corrected chi connectivity index (χ2v) is 9.18. The van der Waals surface area contributed by atoms with E-state index in [-0.39, 0.29) is 15.5 Å².